The summed E-state index contributed by atoms with van der Waals surface area (Å²) < 4.78 is 2.85. The highest BCUT2D eigenvalue weighted by Gasteiger charge is 2.33. The van der Waals surface area contributed by atoms with Crippen LogP contribution in [0.1, 0.15) is 29.2 Å². The van der Waals surface area contributed by atoms with Crippen LogP contribution in [0.4, 0.5) is 5.82 Å². The first-order chi connectivity index (χ1) is 12.7. The van der Waals surface area contributed by atoms with Crippen LogP contribution in [-0.2, 0) is 4.79 Å². The van der Waals surface area contributed by atoms with Gasteiger partial charge >= 0.3 is 0 Å². The van der Waals surface area contributed by atoms with Gasteiger partial charge in [-0.15, -0.1) is 0 Å². The molecule has 128 valence electrons. The van der Waals surface area contributed by atoms with Gasteiger partial charge in [0, 0.05) is 30.3 Å². The molecule has 6 nitrogen and oxygen atoms in total. The van der Waals surface area contributed by atoms with Crippen molar-refractivity contribution in [2.75, 3.05) is 5.32 Å². The summed E-state index contributed by atoms with van der Waals surface area (Å²) in [6, 6.07) is 11.9. The van der Waals surface area contributed by atoms with Crippen LogP contribution in [0.2, 0.25) is 0 Å². The van der Waals surface area contributed by atoms with Crippen LogP contribution in [-0.4, -0.2) is 25.7 Å². The van der Waals surface area contributed by atoms with Crippen LogP contribution in [0.5, 0.6) is 0 Å². The number of carbonyl (C=O) groups is 1. The second kappa shape index (κ2) is 5.74. The Bertz CT molecular complexity index is 1100. The van der Waals surface area contributed by atoms with Gasteiger partial charge in [-0.1, -0.05) is 29.5 Å². The van der Waals surface area contributed by atoms with Gasteiger partial charge < -0.3 is 5.32 Å². The molecule has 1 N–H and O–H groups in total. The largest absolute Gasteiger partial charge is 0.310 e. The van der Waals surface area contributed by atoms with Gasteiger partial charge in [-0.05, 0) is 30.7 Å². The lowest BCUT2D eigenvalue weighted by molar-refractivity contribution is -0.116. The number of anilines is 1. The third kappa shape index (κ3) is 2.32. The molecule has 1 aliphatic heterocycles. The van der Waals surface area contributed by atoms with Crippen molar-refractivity contribution in [2.24, 2.45) is 0 Å². The highest BCUT2D eigenvalue weighted by molar-refractivity contribution is 7.20. The molecule has 0 fully saturated rings. The van der Waals surface area contributed by atoms with Gasteiger partial charge in [0.05, 0.1) is 15.9 Å². The number of rotatable bonds is 2. The van der Waals surface area contributed by atoms with Gasteiger partial charge in [-0.2, -0.15) is 9.78 Å². The Balaban J connectivity index is 1.69. The van der Waals surface area contributed by atoms with E-state index in [0.29, 0.717) is 12.2 Å². The zero-order valence-corrected chi connectivity index (χ0v) is 14.8. The van der Waals surface area contributed by atoms with E-state index in [4.69, 9.17) is 5.10 Å². The average molecular weight is 361 g/mol. The number of para-hydroxylation sites is 1. The molecule has 0 aliphatic carbocycles. The van der Waals surface area contributed by atoms with Crippen molar-refractivity contribution in [3.8, 4) is 5.13 Å². The first-order valence-corrected chi connectivity index (χ1v) is 9.17. The average Bonchev–Trinajstić information content (AvgIpc) is 3.23. The summed E-state index contributed by atoms with van der Waals surface area (Å²) in [6.07, 6.45) is 3.96. The molecule has 26 heavy (non-hydrogen) atoms. The predicted octanol–water partition coefficient (Wildman–Crippen LogP) is 3.66. The summed E-state index contributed by atoms with van der Waals surface area (Å²) in [6.45, 7) is 1.98. The standard InChI is InChI=1S/C19H15N5OS/c1-11-17-13(12-5-4-8-20-10-12)9-16(25)22-18(17)24(23-11)19-21-14-6-2-3-7-15(14)26-19/h2-8,10,13H,9H2,1H3,(H,22,25)/t13-/m1/s1. The number of benzene rings is 1. The van der Waals surface area contributed by atoms with Crippen molar-refractivity contribution in [2.45, 2.75) is 19.3 Å². The zero-order chi connectivity index (χ0) is 17.7. The number of nitrogens with one attached hydrogen (secondary N) is 1. The van der Waals surface area contributed by atoms with Crippen molar-refractivity contribution in [1.29, 1.82) is 0 Å². The molecule has 0 radical (unpaired) electrons. The van der Waals surface area contributed by atoms with Crippen molar-refractivity contribution >= 4 is 33.3 Å². The molecule has 0 unspecified atom stereocenters. The fraction of sp³-hybridized carbons (Fsp3) is 0.158. The lowest BCUT2D eigenvalue weighted by Crippen LogP contribution is -2.25. The second-order valence-electron chi connectivity index (χ2n) is 6.31. The van der Waals surface area contributed by atoms with E-state index >= 15 is 0 Å². The van der Waals surface area contributed by atoms with E-state index in [9.17, 15) is 4.79 Å². The van der Waals surface area contributed by atoms with Crippen LogP contribution < -0.4 is 5.32 Å². The maximum Gasteiger partial charge on any atom is 0.226 e. The third-order valence-corrected chi connectivity index (χ3v) is 5.67. The molecule has 0 bridgehead atoms. The monoisotopic (exact) mass is 361 g/mol. The number of aromatic nitrogens is 4. The minimum Gasteiger partial charge on any atom is -0.310 e. The summed E-state index contributed by atoms with van der Waals surface area (Å²) >= 11 is 1.56. The summed E-state index contributed by atoms with van der Waals surface area (Å²) in [4.78, 5) is 21.3. The van der Waals surface area contributed by atoms with E-state index in [-0.39, 0.29) is 11.8 Å². The topological polar surface area (TPSA) is 72.7 Å². The van der Waals surface area contributed by atoms with Gasteiger partial charge in [-0.3, -0.25) is 9.78 Å². The van der Waals surface area contributed by atoms with Crippen molar-refractivity contribution in [3.63, 3.8) is 0 Å². The molecule has 3 aromatic heterocycles. The van der Waals surface area contributed by atoms with E-state index < -0.39 is 0 Å². The van der Waals surface area contributed by atoms with E-state index in [1.165, 1.54) is 0 Å². The Morgan fingerprint density at radius 2 is 2.12 bits per heavy atom. The molecule has 1 aliphatic rings. The molecule has 1 aromatic carbocycles. The van der Waals surface area contributed by atoms with E-state index in [0.717, 1.165) is 32.2 Å². The molecule has 1 amide bonds. The Hall–Kier alpha value is -3.06. The van der Waals surface area contributed by atoms with Crippen LogP contribution >= 0.6 is 11.3 Å². The van der Waals surface area contributed by atoms with Gasteiger partial charge in [0.2, 0.25) is 11.0 Å². The molecule has 7 heteroatoms. The Morgan fingerprint density at radius 3 is 2.92 bits per heavy atom. The minimum atomic E-state index is -0.0458. The van der Waals surface area contributed by atoms with Crippen LogP contribution in [0, 0.1) is 6.92 Å². The number of carbonyl (C=O) groups excluding carboxylic acids is 1. The number of hydrogen-bond donors (Lipinski definition) is 1. The fourth-order valence-corrected chi connectivity index (χ4v) is 4.43. The first kappa shape index (κ1) is 15.2. The minimum absolute atomic E-state index is 0.0198. The number of hydrogen-bond acceptors (Lipinski definition) is 5. The lowest BCUT2D eigenvalue weighted by Gasteiger charge is -2.23. The molecule has 5 rings (SSSR count). The molecule has 0 saturated carbocycles. The molecule has 0 saturated heterocycles. The quantitative estimate of drug-likeness (QED) is 0.591. The predicted molar refractivity (Wildman–Crippen MR) is 101 cm³/mol. The number of amides is 1. The molecule has 0 spiro atoms. The number of pyridine rings is 1. The molecule has 1 atom stereocenters. The number of aryl methyl sites for hydroxylation is 1. The summed E-state index contributed by atoms with van der Waals surface area (Å²) in [7, 11) is 0. The summed E-state index contributed by atoms with van der Waals surface area (Å²) in [5.41, 5.74) is 3.89. The Labute approximate surface area is 153 Å². The van der Waals surface area contributed by atoms with Crippen molar-refractivity contribution in [1.82, 2.24) is 19.7 Å². The maximum atomic E-state index is 12.4. The van der Waals surface area contributed by atoms with Gasteiger partial charge in [0.15, 0.2) is 0 Å². The SMILES string of the molecule is Cc1nn(-c2nc3ccccc3s2)c2c1[C@@H](c1cccnc1)CC(=O)N2. The van der Waals surface area contributed by atoms with Gasteiger partial charge in [-0.25, -0.2) is 4.98 Å². The normalized spacial score (nSPS) is 16.5. The lowest BCUT2D eigenvalue weighted by atomic mass is 9.87. The number of thiazole rings is 1. The highest BCUT2D eigenvalue weighted by Crippen LogP contribution is 2.40. The van der Waals surface area contributed by atoms with Crippen LogP contribution in [0.25, 0.3) is 15.3 Å². The fourth-order valence-electron chi connectivity index (χ4n) is 3.50. The molecular weight excluding hydrogens is 346 g/mol. The summed E-state index contributed by atoms with van der Waals surface area (Å²) in [5.74, 6) is 0.649. The summed E-state index contributed by atoms with van der Waals surface area (Å²) in [5, 5.41) is 8.45. The highest BCUT2D eigenvalue weighted by atomic mass is 32.1. The smallest absolute Gasteiger partial charge is 0.226 e. The molecule has 4 heterocycles. The van der Waals surface area contributed by atoms with Gasteiger partial charge in [0.25, 0.3) is 0 Å². The Morgan fingerprint density at radius 1 is 1.23 bits per heavy atom. The third-order valence-electron chi connectivity index (χ3n) is 4.65. The zero-order valence-electron chi connectivity index (χ0n) is 14.0. The number of fused-ring (bicyclic) bond motifs is 2. The van der Waals surface area contributed by atoms with Crippen molar-refractivity contribution < 1.29 is 4.79 Å². The van der Waals surface area contributed by atoms with E-state index in [1.807, 2.05) is 49.5 Å². The molecular formula is C19H15N5OS. The number of nitrogens with zero attached hydrogens (tertiary/aromatic N) is 4. The van der Waals surface area contributed by atoms with Crippen molar-refractivity contribution in [3.05, 3.63) is 65.6 Å². The first-order valence-electron chi connectivity index (χ1n) is 8.36. The molecule has 4 aromatic rings. The maximum absolute atomic E-state index is 12.4. The Kier molecular flexibility index (Phi) is 3.36. The second-order valence-corrected chi connectivity index (χ2v) is 7.32. The van der Waals surface area contributed by atoms with Crippen LogP contribution in [0.15, 0.2) is 48.8 Å². The van der Waals surface area contributed by atoms with Gasteiger partial charge in [0.1, 0.15) is 5.82 Å². The van der Waals surface area contributed by atoms with Crippen LogP contribution in [0.3, 0.4) is 0 Å². The van der Waals surface area contributed by atoms with E-state index in [1.54, 1.807) is 22.2 Å². The van der Waals surface area contributed by atoms with E-state index in [2.05, 4.69) is 15.3 Å².